The van der Waals surface area contributed by atoms with Gasteiger partial charge in [-0.2, -0.15) is 0 Å². The molecule has 1 atom stereocenters. The molecule has 2 heterocycles. The molecule has 7 nitrogen and oxygen atoms in total. The van der Waals surface area contributed by atoms with Crippen LogP contribution < -0.4 is 5.73 Å². The molecule has 1 saturated heterocycles. The van der Waals surface area contributed by atoms with E-state index in [1.807, 2.05) is 18.2 Å². The van der Waals surface area contributed by atoms with Crippen LogP contribution in [0.5, 0.6) is 0 Å². The summed E-state index contributed by atoms with van der Waals surface area (Å²) >= 11 is 0. The van der Waals surface area contributed by atoms with Crippen molar-refractivity contribution in [2.45, 2.75) is 25.3 Å². The first-order chi connectivity index (χ1) is 12.1. The minimum atomic E-state index is -0.674. The highest BCUT2D eigenvalue weighted by Crippen LogP contribution is 2.17. The highest BCUT2D eigenvalue weighted by molar-refractivity contribution is 5.93. The number of benzene rings is 1. The number of carbonyl (C=O) groups is 3. The first-order valence-corrected chi connectivity index (χ1v) is 8.18. The van der Waals surface area contributed by atoms with E-state index in [1.54, 1.807) is 18.2 Å². The molecule has 7 heteroatoms. The third-order valence-corrected chi connectivity index (χ3v) is 4.29. The first-order valence-electron chi connectivity index (χ1n) is 8.18. The normalized spacial score (nSPS) is 17.3. The zero-order valence-corrected chi connectivity index (χ0v) is 13.7. The van der Waals surface area contributed by atoms with Crippen LogP contribution >= 0.6 is 0 Å². The molecule has 130 valence electrons. The SMILES string of the molecule is NC(=O)[C@H]1CCCCN1C(=O)COC(=O)c1ccc2ccccc2n1. The zero-order chi connectivity index (χ0) is 17.8. The van der Waals surface area contributed by atoms with Crippen molar-refractivity contribution in [2.24, 2.45) is 5.73 Å². The summed E-state index contributed by atoms with van der Waals surface area (Å²) in [7, 11) is 0. The van der Waals surface area contributed by atoms with E-state index in [0.717, 1.165) is 18.2 Å². The highest BCUT2D eigenvalue weighted by Gasteiger charge is 2.31. The van der Waals surface area contributed by atoms with Gasteiger partial charge in [-0.05, 0) is 31.4 Å². The number of nitrogens with two attached hydrogens (primary N) is 1. The number of hydrogen-bond donors (Lipinski definition) is 1. The van der Waals surface area contributed by atoms with Crippen LogP contribution in [-0.4, -0.2) is 46.9 Å². The molecule has 1 aliphatic heterocycles. The van der Waals surface area contributed by atoms with Gasteiger partial charge in [0.1, 0.15) is 11.7 Å². The summed E-state index contributed by atoms with van der Waals surface area (Å²) in [5.74, 6) is -1.63. The lowest BCUT2D eigenvalue weighted by atomic mass is 10.0. The number of hydrogen-bond acceptors (Lipinski definition) is 5. The number of likely N-dealkylation sites (tertiary alicyclic amines) is 1. The van der Waals surface area contributed by atoms with Crippen molar-refractivity contribution in [3.8, 4) is 0 Å². The van der Waals surface area contributed by atoms with Crippen molar-refractivity contribution < 1.29 is 19.1 Å². The minimum Gasteiger partial charge on any atom is -0.451 e. The lowest BCUT2D eigenvalue weighted by molar-refractivity contribution is -0.143. The van der Waals surface area contributed by atoms with E-state index in [1.165, 1.54) is 4.90 Å². The Hall–Kier alpha value is -2.96. The Morgan fingerprint density at radius 3 is 2.76 bits per heavy atom. The van der Waals surface area contributed by atoms with Crippen LogP contribution in [0.15, 0.2) is 36.4 Å². The van der Waals surface area contributed by atoms with Crippen molar-refractivity contribution in [3.05, 3.63) is 42.1 Å². The van der Waals surface area contributed by atoms with E-state index >= 15 is 0 Å². The molecular formula is C18H19N3O4. The Kier molecular flexibility index (Phi) is 4.92. The van der Waals surface area contributed by atoms with Crippen LogP contribution in [0.25, 0.3) is 10.9 Å². The minimum absolute atomic E-state index is 0.136. The van der Waals surface area contributed by atoms with E-state index in [4.69, 9.17) is 10.5 Å². The topological polar surface area (TPSA) is 103 Å². The van der Waals surface area contributed by atoms with Gasteiger partial charge in [-0.15, -0.1) is 0 Å². The smallest absolute Gasteiger partial charge is 0.357 e. The van der Waals surface area contributed by atoms with Crippen molar-refractivity contribution in [1.82, 2.24) is 9.88 Å². The predicted molar refractivity (Wildman–Crippen MR) is 90.6 cm³/mol. The number of fused-ring (bicyclic) bond motifs is 1. The lowest BCUT2D eigenvalue weighted by Crippen LogP contribution is -2.51. The summed E-state index contributed by atoms with van der Waals surface area (Å²) in [5.41, 5.74) is 6.15. The zero-order valence-electron chi connectivity index (χ0n) is 13.7. The van der Waals surface area contributed by atoms with Gasteiger partial charge in [0, 0.05) is 11.9 Å². The van der Waals surface area contributed by atoms with Gasteiger partial charge >= 0.3 is 5.97 Å². The van der Waals surface area contributed by atoms with E-state index in [9.17, 15) is 14.4 Å². The number of amides is 2. The molecule has 1 aromatic heterocycles. The number of rotatable bonds is 4. The maximum absolute atomic E-state index is 12.3. The number of nitrogens with zero attached hydrogens (tertiary/aromatic N) is 2. The van der Waals surface area contributed by atoms with Gasteiger partial charge in [0.25, 0.3) is 5.91 Å². The largest absolute Gasteiger partial charge is 0.451 e. The maximum atomic E-state index is 12.3. The molecule has 0 aliphatic carbocycles. The molecule has 1 fully saturated rings. The van der Waals surface area contributed by atoms with E-state index < -0.39 is 30.4 Å². The summed E-state index contributed by atoms with van der Waals surface area (Å²) in [6.45, 7) is 0.00926. The molecule has 25 heavy (non-hydrogen) atoms. The van der Waals surface area contributed by atoms with Gasteiger partial charge in [0.2, 0.25) is 5.91 Å². The lowest BCUT2D eigenvalue weighted by Gasteiger charge is -2.33. The molecule has 0 radical (unpaired) electrons. The molecule has 0 spiro atoms. The number of piperidine rings is 1. The molecule has 1 aliphatic rings. The van der Waals surface area contributed by atoms with Crippen molar-refractivity contribution in [1.29, 1.82) is 0 Å². The molecule has 0 bridgehead atoms. The second kappa shape index (κ2) is 7.29. The number of esters is 1. The van der Waals surface area contributed by atoms with Crippen LogP contribution in [-0.2, 0) is 14.3 Å². The fourth-order valence-electron chi connectivity index (χ4n) is 2.99. The Morgan fingerprint density at radius 1 is 1.16 bits per heavy atom. The van der Waals surface area contributed by atoms with Gasteiger partial charge in [-0.25, -0.2) is 9.78 Å². The van der Waals surface area contributed by atoms with Crippen LogP contribution in [0.2, 0.25) is 0 Å². The second-order valence-corrected chi connectivity index (χ2v) is 5.97. The summed E-state index contributed by atoms with van der Waals surface area (Å²) in [6.07, 6.45) is 2.19. The Bertz CT molecular complexity index is 821. The summed E-state index contributed by atoms with van der Waals surface area (Å²) in [6, 6.07) is 10.1. The van der Waals surface area contributed by atoms with Crippen LogP contribution in [0.3, 0.4) is 0 Å². The Morgan fingerprint density at radius 2 is 1.96 bits per heavy atom. The van der Waals surface area contributed by atoms with Crippen molar-refractivity contribution >= 4 is 28.7 Å². The maximum Gasteiger partial charge on any atom is 0.357 e. The third-order valence-electron chi connectivity index (χ3n) is 4.29. The number of pyridine rings is 1. The van der Waals surface area contributed by atoms with Crippen molar-refractivity contribution in [3.63, 3.8) is 0 Å². The predicted octanol–water partition coefficient (Wildman–Crippen LogP) is 1.26. The van der Waals surface area contributed by atoms with Crippen LogP contribution in [0.1, 0.15) is 29.8 Å². The summed E-state index contributed by atoms with van der Waals surface area (Å²) in [5, 5.41) is 0.910. The summed E-state index contributed by atoms with van der Waals surface area (Å²) in [4.78, 5) is 41.5. The number of carbonyl (C=O) groups excluding carboxylic acids is 3. The van der Waals surface area contributed by atoms with E-state index in [-0.39, 0.29) is 5.69 Å². The average molecular weight is 341 g/mol. The van der Waals surface area contributed by atoms with Gasteiger partial charge in [0.15, 0.2) is 6.61 Å². The van der Waals surface area contributed by atoms with E-state index in [2.05, 4.69) is 4.98 Å². The Labute approximate surface area is 144 Å². The first kappa shape index (κ1) is 16.9. The molecule has 0 unspecified atom stereocenters. The fraction of sp³-hybridized carbons (Fsp3) is 0.333. The number of ether oxygens (including phenoxy) is 1. The second-order valence-electron chi connectivity index (χ2n) is 5.97. The van der Waals surface area contributed by atoms with Crippen LogP contribution in [0.4, 0.5) is 0 Å². The van der Waals surface area contributed by atoms with Gasteiger partial charge in [0.05, 0.1) is 5.52 Å². The fourth-order valence-corrected chi connectivity index (χ4v) is 2.99. The standard InChI is InChI=1S/C18H19N3O4/c19-17(23)15-7-3-4-10-21(15)16(22)11-25-18(24)14-9-8-12-5-1-2-6-13(12)20-14/h1-2,5-6,8-9,15H,3-4,7,10-11H2,(H2,19,23)/t15-/m1/s1. The highest BCUT2D eigenvalue weighted by atomic mass is 16.5. The average Bonchev–Trinajstić information content (AvgIpc) is 2.65. The van der Waals surface area contributed by atoms with Gasteiger partial charge < -0.3 is 15.4 Å². The molecule has 2 N–H and O–H groups in total. The summed E-state index contributed by atoms with van der Waals surface area (Å²) < 4.78 is 5.08. The molecule has 2 aromatic rings. The molecule has 0 saturated carbocycles. The van der Waals surface area contributed by atoms with Crippen LogP contribution in [0, 0.1) is 0 Å². The molecule has 3 rings (SSSR count). The number of para-hydroxylation sites is 1. The molecule has 1 aromatic carbocycles. The van der Waals surface area contributed by atoms with E-state index in [0.29, 0.717) is 18.5 Å². The monoisotopic (exact) mass is 341 g/mol. The molecular weight excluding hydrogens is 322 g/mol. The van der Waals surface area contributed by atoms with Crippen molar-refractivity contribution in [2.75, 3.05) is 13.2 Å². The van der Waals surface area contributed by atoms with Gasteiger partial charge in [-0.3, -0.25) is 9.59 Å². The number of primary amides is 1. The third kappa shape index (κ3) is 3.76. The van der Waals surface area contributed by atoms with Gasteiger partial charge in [-0.1, -0.05) is 24.3 Å². The quantitative estimate of drug-likeness (QED) is 0.843. The Balaban J connectivity index is 1.64. The number of aromatic nitrogens is 1. The molecule has 2 amide bonds.